The minimum absolute atomic E-state index is 0.0104. The number of carbonyl (C=O) groups excluding carboxylic acids is 1. The zero-order valence-corrected chi connectivity index (χ0v) is 17.0. The first-order valence-electron chi connectivity index (χ1n) is 10.3. The van der Waals surface area contributed by atoms with E-state index in [9.17, 15) is 4.79 Å². The molecule has 150 valence electrons. The lowest BCUT2D eigenvalue weighted by molar-refractivity contribution is -0.118. The lowest BCUT2D eigenvalue weighted by Gasteiger charge is -2.21. The molecular formula is C24H31NO3. The van der Waals surface area contributed by atoms with Crippen LogP contribution in [0.25, 0.3) is 0 Å². The summed E-state index contributed by atoms with van der Waals surface area (Å²) >= 11 is 0. The molecule has 0 heterocycles. The zero-order valence-electron chi connectivity index (χ0n) is 17.0. The minimum Gasteiger partial charge on any atom is -0.494 e. The van der Waals surface area contributed by atoms with Gasteiger partial charge >= 0.3 is 0 Å². The standard InChI is InChI=1S/C24H31NO3/c1-18-8-13-23(19(2)16-18)28-17-24(26)25-21-9-11-22(12-10-21)27-15-14-20-6-4-3-5-7-20/h8-13,16,20H,3-7,14-15,17H2,1-2H3,(H,25,26). The molecule has 3 rings (SSSR count). The molecule has 1 saturated carbocycles. The average Bonchev–Trinajstić information content (AvgIpc) is 2.69. The van der Waals surface area contributed by atoms with Crippen LogP contribution < -0.4 is 14.8 Å². The number of rotatable bonds is 8. The molecule has 0 spiro atoms. The van der Waals surface area contributed by atoms with E-state index in [-0.39, 0.29) is 12.5 Å². The van der Waals surface area contributed by atoms with Crippen LogP contribution in [0.4, 0.5) is 5.69 Å². The van der Waals surface area contributed by atoms with E-state index in [1.807, 2.05) is 56.3 Å². The summed E-state index contributed by atoms with van der Waals surface area (Å²) in [5, 5.41) is 2.86. The third-order valence-electron chi connectivity index (χ3n) is 5.35. The molecule has 0 unspecified atom stereocenters. The van der Waals surface area contributed by atoms with Crippen LogP contribution in [0.2, 0.25) is 0 Å². The molecule has 0 aromatic heterocycles. The van der Waals surface area contributed by atoms with Crippen molar-refractivity contribution in [1.82, 2.24) is 0 Å². The number of benzene rings is 2. The van der Waals surface area contributed by atoms with Crippen LogP contribution in [0.15, 0.2) is 42.5 Å². The SMILES string of the molecule is Cc1ccc(OCC(=O)Nc2ccc(OCCC3CCCCC3)cc2)c(C)c1. The van der Waals surface area contributed by atoms with Crippen LogP contribution in [-0.4, -0.2) is 19.1 Å². The van der Waals surface area contributed by atoms with Gasteiger partial charge in [-0.3, -0.25) is 4.79 Å². The molecule has 2 aromatic carbocycles. The van der Waals surface area contributed by atoms with Gasteiger partial charge in [0.1, 0.15) is 11.5 Å². The first kappa shape index (κ1) is 20.2. The molecule has 28 heavy (non-hydrogen) atoms. The first-order chi connectivity index (χ1) is 13.6. The van der Waals surface area contributed by atoms with E-state index in [4.69, 9.17) is 9.47 Å². The summed E-state index contributed by atoms with van der Waals surface area (Å²) in [6.45, 7) is 4.77. The molecule has 4 nitrogen and oxygen atoms in total. The van der Waals surface area contributed by atoms with Crippen molar-refractivity contribution in [1.29, 1.82) is 0 Å². The lowest BCUT2D eigenvalue weighted by Crippen LogP contribution is -2.20. The Balaban J connectivity index is 1.39. The van der Waals surface area contributed by atoms with Crippen molar-refractivity contribution in [3.63, 3.8) is 0 Å². The summed E-state index contributed by atoms with van der Waals surface area (Å²) in [6.07, 6.45) is 7.95. The van der Waals surface area contributed by atoms with E-state index in [0.717, 1.165) is 41.7 Å². The van der Waals surface area contributed by atoms with E-state index in [1.165, 1.54) is 37.7 Å². The maximum absolute atomic E-state index is 12.1. The number of carbonyl (C=O) groups is 1. The van der Waals surface area contributed by atoms with Gasteiger partial charge in [-0.2, -0.15) is 0 Å². The van der Waals surface area contributed by atoms with E-state index >= 15 is 0 Å². The van der Waals surface area contributed by atoms with Crippen molar-refractivity contribution in [2.75, 3.05) is 18.5 Å². The van der Waals surface area contributed by atoms with Gasteiger partial charge in [-0.25, -0.2) is 0 Å². The van der Waals surface area contributed by atoms with Gasteiger partial charge in [0.15, 0.2) is 6.61 Å². The Bertz CT molecular complexity index is 764. The summed E-state index contributed by atoms with van der Waals surface area (Å²) < 4.78 is 11.5. The van der Waals surface area contributed by atoms with Crippen molar-refractivity contribution >= 4 is 11.6 Å². The molecule has 1 aliphatic carbocycles. The molecule has 1 amide bonds. The van der Waals surface area contributed by atoms with Crippen LogP contribution in [0, 0.1) is 19.8 Å². The summed E-state index contributed by atoms with van der Waals surface area (Å²) in [5.74, 6) is 2.23. The van der Waals surface area contributed by atoms with E-state index < -0.39 is 0 Å². The number of amides is 1. The Morgan fingerprint density at radius 3 is 2.46 bits per heavy atom. The Morgan fingerprint density at radius 2 is 1.75 bits per heavy atom. The molecule has 0 saturated heterocycles. The fourth-order valence-electron chi connectivity index (χ4n) is 3.76. The van der Waals surface area contributed by atoms with Crippen LogP contribution in [0.3, 0.4) is 0 Å². The number of aryl methyl sites for hydroxylation is 2. The number of anilines is 1. The van der Waals surface area contributed by atoms with Gasteiger partial charge in [0.2, 0.25) is 0 Å². The molecular weight excluding hydrogens is 350 g/mol. The lowest BCUT2D eigenvalue weighted by atomic mass is 9.87. The summed E-state index contributed by atoms with van der Waals surface area (Å²) in [4.78, 5) is 12.1. The van der Waals surface area contributed by atoms with Gasteiger partial charge < -0.3 is 14.8 Å². The quantitative estimate of drug-likeness (QED) is 0.641. The van der Waals surface area contributed by atoms with E-state index in [2.05, 4.69) is 5.32 Å². The maximum atomic E-state index is 12.1. The van der Waals surface area contributed by atoms with Crippen LogP contribution in [-0.2, 0) is 4.79 Å². The second-order valence-electron chi connectivity index (χ2n) is 7.77. The van der Waals surface area contributed by atoms with E-state index in [0.29, 0.717) is 0 Å². The molecule has 4 heteroatoms. The first-order valence-corrected chi connectivity index (χ1v) is 10.3. The third kappa shape index (κ3) is 6.29. The monoisotopic (exact) mass is 381 g/mol. The average molecular weight is 382 g/mol. The second-order valence-corrected chi connectivity index (χ2v) is 7.77. The van der Waals surface area contributed by atoms with Gasteiger partial charge in [-0.15, -0.1) is 0 Å². The maximum Gasteiger partial charge on any atom is 0.262 e. The molecule has 0 bridgehead atoms. The number of hydrogen-bond acceptors (Lipinski definition) is 3. The fourth-order valence-corrected chi connectivity index (χ4v) is 3.76. The van der Waals surface area contributed by atoms with Gasteiger partial charge in [0.05, 0.1) is 6.61 Å². The number of nitrogens with one attached hydrogen (secondary N) is 1. The van der Waals surface area contributed by atoms with Crippen molar-refractivity contribution in [3.05, 3.63) is 53.6 Å². The van der Waals surface area contributed by atoms with Gasteiger partial charge in [-0.05, 0) is 62.1 Å². The third-order valence-corrected chi connectivity index (χ3v) is 5.35. The summed E-state index contributed by atoms with van der Waals surface area (Å²) in [6, 6.07) is 13.5. The Hall–Kier alpha value is -2.49. The van der Waals surface area contributed by atoms with E-state index in [1.54, 1.807) is 0 Å². The van der Waals surface area contributed by atoms with Gasteiger partial charge in [0, 0.05) is 5.69 Å². The highest BCUT2D eigenvalue weighted by atomic mass is 16.5. The Labute approximate surface area is 168 Å². The van der Waals surface area contributed by atoms with Crippen molar-refractivity contribution in [2.45, 2.75) is 52.4 Å². The van der Waals surface area contributed by atoms with Crippen molar-refractivity contribution in [3.8, 4) is 11.5 Å². The molecule has 1 fully saturated rings. The zero-order chi connectivity index (χ0) is 19.8. The predicted molar refractivity (Wildman–Crippen MR) is 113 cm³/mol. The van der Waals surface area contributed by atoms with Crippen molar-refractivity contribution < 1.29 is 14.3 Å². The highest BCUT2D eigenvalue weighted by Crippen LogP contribution is 2.26. The number of ether oxygens (including phenoxy) is 2. The Morgan fingerprint density at radius 1 is 1.00 bits per heavy atom. The van der Waals surface area contributed by atoms with Gasteiger partial charge in [-0.1, -0.05) is 49.8 Å². The highest BCUT2D eigenvalue weighted by molar-refractivity contribution is 5.91. The molecule has 1 aliphatic rings. The normalized spacial score (nSPS) is 14.5. The van der Waals surface area contributed by atoms with Crippen LogP contribution >= 0.6 is 0 Å². The molecule has 0 atom stereocenters. The van der Waals surface area contributed by atoms with Crippen LogP contribution in [0.5, 0.6) is 11.5 Å². The van der Waals surface area contributed by atoms with Crippen molar-refractivity contribution in [2.24, 2.45) is 5.92 Å². The highest BCUT2D eigenvalue weighted by Gasteiger charge is 2.13. The second kappa shape index (κ2) is 10.2. The molecule has 0 radical (unpaired) electrons. The molecule has 1 N–H and O–H groups in total. The molecule has 0 aliphatic heterocycles. The fraction of sp³-hybridized carbons (Fsp3) is 0.458. The Kier molecular flexibility index (Phi) is 7.35. The summed E-state index contributed by atoms with van der Waals surface area (Å²) in [5.41, 5.74) is 2.95. The predicted octanol–water partition coefficient (Wildman–Crippen LogP) is 5.67. The smallest absolute Gasteiger partial charge is 0.262 e. The van der Waals surface area contributed by atoms with Crippen LogP contribution in [0.1, 0.15) is 49.7 Å². The summed E-state index contributed by atoms with van der Waals surface area (Å²) in [7, 11) is 0. The minimum atomic E-state index is -0.175. The van der Waals surface area contributed by atoms with Gasteiger partial charge in [0.25, 0.3) is 5.91 Å². The topological polar surface area (TPSA) is 47.6 Å². The largest absolute Gasteiger partial charge is 0.494 e. The number of hydrogen-bond donors (Lipinski definition) is 1. The molecule has 2 aromatic rings.